The quantitative estimate of drug-likeness (QED) is 0.432. The highest BCUT2D eigenvalue weighted by molar-refractivity contribution is 6.13. The summed E-state index contributed by atoms with van der Waals surface area (Å²) in [6.07, 6.45) is 2.71. The third-order valence-corrected chi connectivity index (χ3v) is 2.38. The zero-order valence-corrected chi connectivity index (χ0v) is 4.86. The van der Waals surface area contributed by atoms with Crippen LogP contribution < -0.4 is 0 Å². The molecule has 7 heavy (non-hydrogen) atoms. The lowest BCUT2D eigenvalue weighted by molar-refractivity contribution is 0.503. The fraction of sp³-hybridized carbons (Fsp3) is 1.00. The van der Waals surface area contributed by atoms with Crippen molar-refractivity contribution in [1.29, 1.82) is 0 Å². The molecule has 1 saturated heterocycles. The highest BCUT2D eigenvalue weighted by Gasteiger charge is 2.46. The van der Waals surface area contributed by atoms with Crippen LogP contribution in [0.2, 0.25) is 0 Å². The van der Waals surface area contributed by atoms with Crippen molar-refractivity contribution < 1.29 is 0 Å². The minimum Gasteiger partial charge on any atom is -0.217 e. The molecule has 1 heterocycles. The van der Waals surface area contributed by atoms with E-state index in [1.807, 2.05) is 4.42 Å². The summed E-state index contributed by atoms with van der Waals surface area (Å²) in [6.45, 7) is 1.12. The van der Waals surface area contributed by atoms with E-state index in [0.717, 1.165) is 18.5 Å². The largest absolute Gasteiger partial charge is 0.217 e. The van der Waals surface area contributed by atoms with Crippen molar-refractivity contribution >= 4 is 11.8 Å². The predicted octanol–water partition coefficient (Wildman–Crippen LogP) is 1.23. The van der Waals surface area contributed by atoms with Crippen molar-refractivity contribution in [2.75, 3.05) is 6.54 Å². The first kappa shape index (κ1) is 4.16. The molecule has 2 rings (SSSR count). The number of fused-ring (bicyclic) bond motifs is 1. The van der Waals surface area contributed by atoms with Gasteiger partial charge in [-0.05, 0) is 30.5 Å². The summed E-state index contributed by atoms with van der Waals surface area (Å²) in [7, 11) is 0. The Morgan fingerprint density at radius 1 is 1.57 bits per heavy atom. The molecule has 1 aliphatic heterocycles. The molecular formula is C5H8ClN. The summed E-state index contributed by atoms with van der Waals surface area (Å²) in [5, 5.41) is 0. The van der Waals surface area contributed by atoms with Crippen molar-refractivity contribution in [1.82, 2.24) is 4.42 Å². The van der Waals surface area contributed by atoms with Gasteiger partial charge in [0.05, 0.1) is 0 Å². The molecular weight excluding hydrogens is 110 g/mol. The monoisotopic (exact) mass is 117 g/mol. The van der Waals surface area contributed by atoms with E-state index in [4.69, 9.17) is 11.8 Å². The second-order valence-corrected chi connectivity index (χ2v) is 2.91. The number of piperidine rings is 1. The molecule has 0 bridgehead atoms. The van der Waals surface area contributed by atoms with Crippen molar-refractivity contribution in [3.63, 3.8) is 0 Å². The molecule has 0 spiro atoms. The summed E-state index contributed by atoms with van der Waals surface area (Å²) in [5.74, 6) is 0.984. The van der Waals surface area contributed by atoms with Gasteiger partial charge >= 0.3 is 0 Å². The maximum Gasteiger partial charge on any atom is 0.0284 e. The lowest BCUT2D eigenvalue weighted by atomic mass is 10.3. The first-order valence-electron chi connectivity index (χ1n) is 2.80. The molecule has 0 N–H and O–H groups in total. The molecule has 40 valence electrons. The van der Waals surface area contributed by atoms with Crippen LogP contribution in [-0.2, 0) is 0 Å². The maximum atomic E-state index is 5.74. The molecule has 2 fully saturated rings. The zero-order chi connectivity index (χ0) is 4.85. The topological polar surface area (TPSA) is 3.24 Å². The van der Waals surface area contributed by atoms with Gasteiger partial charge in [-0.25, -0.2) is 4.42 Å². The minimum atomic E-state index is 0.779. The molecule has 0 aromatic rings. The van der Waals surface area contributed by atoms with Crippen molar-refractivity contribution in [2.24, 2.45) is 5.92 Å². The van der Waals surface area contributed by atoms with Crippen LogP contribution in [0.3, 0.4) is 0 Å². The average molecular weight is 118 g/mol. The summed E-state index contributed by atoms with van der Waals surface area (Å²) in [5.41, 5.74) is 0. The van der Waals surface area contributed by atoms with Gasteiger partial charge in [-0.3, -0.25) is 0 Å². The predicted molar refractivity (Wildman–Crippen MR) is 29.1 cm³/mol. The van der Waals surface area contributed by atoms with E-state index >= 15 is 0 Å². The Kier molecular flexibility index (Phi) is 0.682. The van der Waals surface area contributed by atoms with Crippen LogP contribution in [0.5, 0.6) is 0 Å². The third kappa shape index (κ3) is 0.485. The average Bonchev–Trinajstić information content (AvgIpc) is 2.33. The van der Waals surface area contributed by atoms with Gasteiger partial charge in [-0.2, -0.15) is 0 Å². The Morgan fingerprint density at radius 3 is 2.57 bits per heavy atom. The van der Waals surface area contributed by atoms with Crippen LogP contribution in [0.1, 0.15) is 12.8 Å². The fourth-order valence-corrected chi connectivity index (χ4v) is 1.68. The van der Waals surface area contributed by atoms with Crippen LogP contribution >= 0.6 is 11.8 Å². The van der Waals surface area contributed by atoms with E-state index in [-0.39, 0.29) is 0 Å². The minimum absolute atomic E-state index is 0.779. The van der Waals surface area contributed by atoms with Crippen molar-refractivity contribution in [2.45, 2.75) is 18.9 Å². The second kappa shape index (κ2) is 1.15. The number of halogens is 1. The number of rotatable bonds is 0. The normalized spacial score (nSPS) is 49.3. The van der Waals surface area contributed by atoms with E-state index in [9.17, 15) is 0 Å². The molecule has 0 radical (unpaired) electrons. The van der Waals surface area contributed by atoms with Crippen LogP contribution in [0.4, 0.5) is 0 Å². The molecule has 1 aliphatic carbocycles. The highest BCUT2D eigenvalue weighted by Crippen LogP contribution is 2.45. The Balaban J connectivity index is 2.08. The van der Waals surface area contributed by atoms with E-state index in [1.54, 1.807) is 0 Å². The molecule has 2 unspecified atom stereocenters. The van der Waals surface area contributed by atoms with Crippen LogP contribution in [0.15, 0.2) is 0 Å². The molecule has 2 heteroatoms. The van der Waals surface area contributed by atoms with Gasteiger partial charge in [0.2, 0.25) is 0 Å². The zero-order valence-electron chi connectivity index (χ0n) is 4.10. The highest BCUT2D eigenvalue weighted by atomic mass is 35.5. The van der Waals surface area contributed by atoms with Crippen LogP contribution in [0.25, 0.3) is 0 Å². The molecule has 1 nitrogen and oxygen atoms in total. The summed E-state index contributed by atoms with van der Waals surface area (Å²) in [4.78, 5) is 0. The Hall–Kier alpha value is 0.250. The Morgan fingerprint density at radius 2 is 2.43 bits per heavy atom. The lowest BCUT2D eigenvalue weighted by Gasteiger charge is -2.02. The van der Waals surface area contributed by atoms with Gasteiger partial charge in [0.1, 0.15) is 0 Å². The second-order valence-electron chi connectivity index (χ2n) is 2.48. The van der Waals surface area contributed by atoms with Crippen molar-refractivity contribution in [3.05, 3.63) is 0 Å². The lowest BCUT2D eigenvalue weighted by Crippen LogP contribution is -2.08. The molecule has 0 aromatic heterocycles. The SMILES string of the molecule is ClN1CCC2CC21. The van der Waals surface area contributed by atoms with Gasteiger partial charge in [0.25, 0.3) is 0 Å². The summed E-state index contributed by atoms with van der Waals surface area (Å²) < 4.78 is 1.95. The maximum absolute atomic E-state index is 5.74. The molecule has 2 aliphatic rings. The van der Waals surface area contributed by atoms with E-state index < -0.39 is 0 Å². The summed E-state index contributed by atoms with van der Waals surface area (Å²) >= 11 is 5.74. The van der Waals surface area contributed by atoms with Gasteiger partial charge in [-0.15, -0.1) is 0 Å². The number of hydrogen-bond acceptors (Lipinski definition) is 1. The van der Waals surface area contributed by atoms with Gasteiger partial charge < -0.3 is 0 Å². The van der Waals surface area contributed by atoms with E-state index in [2.05, 4.69) is 0 Å². The van der Waals surface area contributed by atoms with Crippen LogP contribution in [0, 0.1) is 5.92 Å². The molecule has 0 aromatic carbocycles. The third-order valence-electron chi connectivity index (χ3n) is 1.96. The van der Waals surface area contributed by atoms with Crippen molar-refractivity contribution in [3.8, 4) is 0 Å². The summed E-state index contributed by atoms with van der Waals surface area (Å²) in [6, 6.07) is 0.779. The molecule has 2 atom stereocenters. The van der Waals surface area contributed by atoms with Gasteiger partial charge in [0.15, 0.2) is 0 Å². The van der Waals surface area contributed by atoms with E-state index in [1.165, 1.54) is 12.8 Å². The first-order chi connectivity index (χ1) is 3.38. The molecule has 1 saturated carbocycles. The first-order valence-corrected chi connectivity index (χ1v) is 3.14. The van der Waals surface area contributed by atoms with Gasteiger partial charge in [-0.1, -0.05) is 0 Å². The standard InChI is InChI=1S/C5H8ClN/c6-7-2-1-4-3-5(4)7/h4-5H,1-3H2. The van der Waals surface area contributed by atoms with Gasteiger partial charge in [0, 0.05) is 12.6 Å². The number of nitrogens with zero attached hydrogens (tertiary/aromatic N) is 1. The fourth-order valence-electron chi connectivity index (χ4n) is 1.34. The van der Waals surface area contributed by atoms with Crippen LogP contribution in [-0.4, -0.2) is 17.0 Å². The molecule has 0 amide bonds. The van der Waals surface area contributed by atoms with E-state index in [0.29, 0.717) is 0 Å². The Bertz CT molecular complexity index is 94.1. The number of hydrogen-bond donors (Lipinski definition) is 0. The Labute approximate surface area is 48.4 Å². The smallest absolute Gasteiger partial charge is 0.0284 e.